The van der Waals surface area contributed by atoms with Gasteiger partial charge in [-0.05, 0) is 36.4 Å². The van der Waals surface area contributed by atoms with Crippen molar-refractivity contribution in [1.29, 1.82) is 0 Å². The summed E-state index contributed by atoms with van der Waals surface area (Å²) in [6, 6.07) is 13.9. The predicted octanol–water partition coefficient (Wildman–Crippen LogP) is 3.24. The summed E-state index contributed by atoms with van der Waals surface area (Å²) >= 11 is 0. The van der Waals surface area contributed by atoms with Crippen LogP contribution in [0, 0.1) is 36.3 Å². The molecular formula is C22H16N6O9. The van der Waals surface area contributed by atoms with Gasteiger partial charge >= 0.3 is 0 Å². The molecule has 3 rings (SSSR count). The number of amides is 3. The molecule has 3 aromatic rings. The van der Waals surface area contributed by atoms with E-state index in [0.717, 1.165) is 36.4 Å². The van der Waals surface area contributed by atoms with E-state index in [-0.39, 0.29) is 34.1 Å². The highest BCUT2D eigenvalue weighted by Crippen LogP contribution is 2.20. The van der Waals surface area contributed by atoms with E-state index in [1.54, 1.807) is 0 Å². The molecule has 0 fully saturated rings. The summed E-state index contributed by atoms with van der Waals surface area (Å²) in [5.74, 6) is -5.27. The number of benzene rings is 3. The van der Waals surface area contributed by atoms with Crippen molar-refractivity contribution in [1.82, 2.24) is 0 Å². The number of hydrogen-bond donors (Lipinski definition) is 3. The van der Waals surface area contributed by atoms with E-state index in [0.29, 0.717) is 0 Å². The molecule has 0 unspecified atom stereocenters. The van der Waals surface area contributed by atoms with E-state index in [1.807, 2.05) is 0 Å². The molecule has 0 radical (unpaired) electrons. The van der Waals surface area contributed by atoms with Gasteiger partial charge in [-0.3, -0.25) is 44.7 Å². The molecule has 0 bridgehead atoms. The molecule has 0 aliphatic rings. The van der Waals surface area contributed by atoms with Crippen molar-refractivity contribution in [3.63, 3.8) is 0 Å². The van der Waals surface area contributed by atoms with Crippen molar-refractivity contribution in [3.05, 3.63) is 103 Å². The molecule has 0 aliphatic heterocycles. The number of nitro benzene ring substituents is 3. The summed E-state index contributed by atoms with van der Waals surface area (Å²) in [7, 11) is 0. The van der Waals surface area contributed by atoms with Crippen LogP contribution >= 0.6 is 0 Å². The molecule has 0 saturated carbocycles. The highest BCUT2D eigenvalue weighted by Gasteiger charge is 2.35. The molecule has 15 heteroatoms. The van der Waals surface area contributed by atoms with Crippen LogP contribution in [0.3, 0.4) is 0 Å². The lowest BCUT2D eigenvalue weighted by Gasteiger charge is -2.17. The SMILES string of the molecule is O=C(Nc1ccc([N+](=O)[O-])cc1)C(C(=O)Nc1ccc([N+](=O)[O-])cc1)C(=O)Nc1ccc([N+](=O)[O-])cc1. The zero-order chi connectivity index (χ0) is 27.1. The zero-order valence-corrected chi connectivity index (χ0v) is 18.5. The molecule has 0 spiro atoms. The van der Waals surface area contributed by atoms with Crippen molar-refractivity contribution in [3.8, 4) is 0 Å². The number of nitrogens with one attached hydrogen (secondary N) is 3. The van der Waals surface area contributed by atoms with Gasteiger partial charge in [0, 0.05) is 53.5 Å². The minimum absolute atomic E-state index is 0.0619. The minimum Gasteiger partial charge on any atom is -0.325 e. The van der Waals surface area contributed by atoms with Crippen LogP contribution in [0.25, 0.3) is 0 Å². The Morgan fingerprint density at radius 2 is 0.703 bits per heavy atom. The van der Waals surface area contributed by atoms with Gasteiger partial charge in [-0.25, -0.2) is 0 Å². The number of nitrogens with zero attached hydrogens (tertiary/aromatic N) is 3. The quantitative estimate of drug-likeness (QED) is 0.219. The third-order valence-corrected chi connectivity index (χ3v) is 4.82. The van der Waals surface area contributed by atoms with E-state index < -0.39 is 38.4 Å². The van der Waals surface area contributed by atoms with Gasteiger partial charge in [-0.1, -0.05) is 0 Å². The smallest absolute Gasteiger partial charge is 0.269 e. The van der Waals surface area contributed by atoms with Crippen LogP contribution in [-0.2, 0) is 14.4 Å². The van der Waals surface area contributed by atoms with Gasteiger partial charge in [0.15, 0.2) is 5.92 Å². The maximum atomic E-state index is 12.9. The van der Waals surface area contributed by atoms with Crippen molar-refractivity contribution in [2.75, 3.05) is 16.0 Å². The van der Waals surface area contributed by atoms with Crippen molar-refractivity contribution < 1.29 is 29.2 Å². The Labute approximate surface area is 206 Å². The fourth-order valence-electron chi connectivity index (χ4n) is 3.00. The van der Waals surface area contributed by atoms with Gasteiger partial charge in [0.25, 0.3) is 17.1 Å². The molecular weight excluding hydrogens is 492 g/mol. The largest absolute Gasteiger partial charge is 0.325 e. The number of nitro groups is 3. The Morgan fingerprint density at radius 1 is 0.486 bits per heavy atom. The third kappa shape index (κ3) is 6.66. The number of non-ortho nitro benzene ring substituents is 3. The molecule has 15 nitrogen and oxygen atoms in total. The Morgan fingerprint density at radius 3 is 0.892 bits per heavy atom. The second kappa shape index (κ2) is 11.1. The average molecular weight is 508 g/mol. The van der Waals surface area contributed by atoms with Gasteiger partial charge in [0.1, 0.15) is 0 Å². The minimum atomic E-state index is -2.00. The van der Waals surface area contributed by atoms with E-state index in [2.05, 4.69) is 16.0 Å². The molecule has 0 heterocycles. The molecule has 37 heavy (non-hydrogen) atoms. The predicted molar refractivity (Wildman–Crippen MR) is 129 cm³/mol. The monoisotopic (exact) mass is 508 g/mol. The summed E-state index contributed by atoms with van der Waals surface area (Å²) in [5.41, 5.74) is -0.560. The maximum absolute atomic E-state index is 12.9. The molecule has 3 amide bonds. The number of rotatable bonds is 9. The van der Waals surface area contributed by atoms with E-state index in [4.69, 9.17) is 0 Å². The summed E-state index contributed by atoms with van der Waals surface area (Å²) in [5, 5.41) is 39.5. The topological polar surface area (TPSA) is 217 Å². The first-order valence-corrected chi connectivity index (χ1v) is 10.2. The first-order chi connectivity index (χ1) is 17.5. The highest BCUT2D eigenvalue weighted by atomic mass is 16.6. The number of carbonyl (C=O) groups is 3. The Bertz CT molecular complexity index is 1200. The first kappa shape index (κ1) is 25.9. The zero-order valence-electron chi connectivity index (χ0n) is 18.5. The summed E-state index contributed by atoms with van der Waals surface area (Å²) in [4.78, 5) is 69.3. The molecule has 0 saturated heterocycles. The molecule has 0 aromatic heterocycles. The lowest BCUT2D eigenvalue weighted by atomic mass is 10.1. The molecule has 188 valence electrons. The van der Waals surface area contributed by atoms with E-state index >= 15 is 0 Å². The second-order valence-corrected chi connectivity index (χ2v) is 7.31. The van der Waals surface area contributed by atoms with Crippen LogP contribution in [-0.4, -0.2) is 32.5 Å². The normalized spacial score (nSPS) is 10.3. The van der Waals surface area contributed by atoms with Crippen LogP contribution in [0.15, 0.2) is 72.8 Å². The Balaban J connectivity index is 1.83. The number of carbonyl (C=O) groups excluding carboxylic acids is 3. The van der Waals surface area contributed by atoms with Crippen molar-refractivity contribution >= 4 is 51.8 Å². The lowest BCUT2D eigenvalue weighted by Crippen LogP contribution is -2.42. The van der Waals surface area contributed by atoms with E-state index in [1.165, 1.54) is 36.4 Å². The van der Waals surface area contributed by atoms with Gasteiger partial charge < -0.3 is 16.0 Å². The fraction of sp³-hybridized carbons (Fsp3) is 0.0455. The van der Waals surface area contributed by atoms with Crippen LogP contribution in [0.1, 0.15) is 0 Å². The van der Waals surface area contributed by atoms with Gasteiger partial charge in [0.05, 0.1) is 14.8 Å². The highest BCUT2D eigenvalue weighted by molar-refractivity contribution is 6.26. The van der Waals surface area contributed by atoms with Crippen molar-refractivity contribution in [2.24, 2.45) is 5.92 Å². The van der Waals surface area contributed by atoms with Crippen LogP contribution in [0.5, 0.6) is 0 Å². The second-order valence-electron chi connectivity index (χ2n) is 7.31. The first-order valence-electron chi connectivity index (χ1n) is 10.2. The molecule has 3 N–H and O–H groups in total. The molecule has 0 aliphatic carbocycles. The summed E-state index contributed by atoms with van der Waals surface area (Å²) in [6.45, 7) is 0. The fourth-order valence-corrected chi connectivity index (χ4v) is 3.00. The van der Waals surface area contributed by atoms with E-state index in [9.17, 15) is 44.7 Å². The lowest BCUT2D eigenvalue weighted by molar-refractivity contribution is -0.385. The maximum Gasteiger partial charge on any atom is 0.269 e. The van der Waals surface area contributed by atoms with Crippen molar-refractivity contribution in [2.45, 2.75) is 0 Å². The number of anilines is 3. The molecule has 0 atom stereocenters. The van der Waals surface area contributed by atoms with Gasteiger partial charge in [-0.15, -0.1) is 0 Å². The van der Waals surface area contributed by atoms with Gasteiger partial charge in [-0.2, -0.15) is 0 Å². The Hall–Kier alpha value is -5.73. The summed E-state index contributed by atoms with van der Waals surface area (Å²) in [6.07, 6.45) is 0. The van der Waals surface area contributed by atoms with Crippen LogP contribution < -0.4 is 16.0 Å². The van der Waals surface area contributed by atoms with Crippen LogP contribution in [0.2, 0.25) is 0 Å². The standard InChI is InChI=1S/C22H16N6O9/c29-20(23-13-1-7-16(8-2-13)26(32)33)19(21(30)24-14-3-9-17(10-4-14)27(34)35)22(31)25-15-5-11-18(12-6-15)28(36)37/h1-12,19H,(H,23,29)(H,24,30)(H,25,31). The summed E-state index contributed by atoms with van der Waals surface area (Å²) < 4.78 is 0. The number of hydrogen-bond acceptors (Lipinski definition) is 9. The van der Waals surface area contributed by atoms with Crippen LogP contribution in [0.4, 0.5) is 34.1 Å². The average Bonchev–Trinajstić information content (AvgIpc) is 2.85. The molecule has 3 aromatic carbocycles. The van der Waals surface area contributed by atoms with Gasteiger partial charge in [0.2, 0.25) is 17.7 Å². The Kier molecular flexibility index (Phi) is 7.79. The third-order valence-electron chi connectivity index (χ3n) is 4.82.